The zero-order valence-corrected chi connectivity index (χ0v) is 33.8. The number of pyridine rings is 1. The number of hydrogen-bond acceptors (Lipinski definition) is 10. The number of fused-ring (bicyclic) bond motifs is 2. The van der Waals surface area contributed by atoms with Crippen molar-refractivity contribution in [3.63, 3.8) is 0 Å². The van der Waals surface area contributed by atoms with Crippen molar-refractivity contribution in [3.05, 3.63) is 124 Å². The predicted molar refractivity (Wildman–Crippen MR) is 219 cm³/mol. The highest BCUT2D eigenvalue weighted by Gasteiger charge is 2.38. The van der Waals surface area contributed by atoms with Crippen LogP contribution in [-0.4, -0.2) is 61.7 Å². The van der Waals surface area contributed by atoms with Crippen LogP contribution in [0.2, 0.25) is 5.28 Å². The molecule has 15 heteroatoms. The number of hydrogen-bond donors (Lipinski definition) is 2. The quantitative estimate of drug-likeness (QED) is 0.152. The molecule has 2 N–H and O–H groups in total. The second-order valence-corrected chi connectivity index (χ2v) is 15.8. The molecule has 2 aliphatic rings. The van der Waals surface area contributed by atoms with E-state index >= 15 is 0 Å². The van der Waals surface area contributed by atoms with E-state index in [1.54, 1.807) is 41.2 Å². The summed E-state index contributed by atoms with van der Waals surface area (Å²) in [5.74, 6) is 2.81. The Hall–Kier alpha value is -5.76. The van der Waals surface area contributed by atoms with Crippen molar-refractivity contribution >= 4 is 46.2 Å². The van der Waals surface area contributed by atoms with Gasteiger partial charge in [0.25, 0.3) is 0 Å². The lowest BCUT2D eigenvalue weighted by molar-refractivity contribution is 0.462. The molecule has 11 nitrogen and oxygen atoms in total. The molecule has 4 aromatic heterocycles. The molecule has 0 amide bonds. The number of nitrogens with one attached hydrogen (secondary N) is 2. The van der Waals surface area contributed by atoms with Gasteiger partial charge in [-0.2, -0.15) is 4.98 Å². The number of imidazole rings is 1. The largest absolute Gasteiger partial charge is 0.373 e. The van der Waals surface area contributed by atoms with Crippen molar-refractivity contribution in [1.82, 2.24) is 34.5 Å². The van der Waals surface area contributed by atoms with Crippen molar-refractivity contribution in [3.8, 4) is 5.82 Å². The third-order valence-corrected chi connectivity index (χ3v) is 10.7. The van der Waals surface area contributed by atoms with Crippen molar-refractivity contribution in [2.24, 2.45) is 0 Å². The first-order valence-electron chi connectivity index (χ1n) is 18.7. The fourth-order valence-corrected chi connectivity index (χ4v) is 7.62. The molecule has 8 rings (SSSR count). The molecule has 0 bridgehead atoms. The van der Waals surface area contributed by atoms with Gasteiger partial charge in [-0.3, -0.25) is 4.57 Å². The van der Waals surface area contributed by atoms with Crippen LogP contribution in [0.25, 0.3) is 5.82 Å². The monoisotopic (exact) mass is 795 g/mol. The van der Waals surface area contributed by atoms with Gasteiger partial charge in [0.15, 0.2) is 11.6 Å². The van der Waals surface area contributed by atoms with Crippen LogP contribution in [0.4, 0.5) is 47.8 Å². The molecule has 0 unspecified atom stereocenters. The summed E-state index contributed by atoms with van der Waals surface area (Å²) in [6, 6.07) is 14.3. The summed E-state index contributed by atoms with van der Waals surface area (Å²) in [5.41, 5.74) is 5.04. The average molecular weight is 796 g/mol. The standard InChI is InChI=1S/C26H27F2N7.C16H18ClFN4/c1-16-14-34(15-31-16)24-20(28)11-17(13-30-24)12-21-32-23(29-4)22-25(33-21)35(10-9-26(22,2)3)19-7-5-18(27)6-8-19;1-16(2)8-9-22(11-6-4-10(18)5-7-11)14-12(16)13(19-3)20-15(17)21-14/h5-8,11,13-15H,9-10,12H2,1-4H3,(H,29,32,33);4-7H,8-9H2,1-3H3,(H,19,20,21). The summed E-state index contributed by atoms with van der Waals surface area (Å²) in [6.45, 7) is 12.1. The van der Waals surface area contributed by atoms with Crippen LogP contribution >= 0.6 is 11.6 Å². The zero-order valence-electron chi connectivity index (χ0n) is 33.0. The lowest BCUT2D eigenvalue weighted by Gasteiger charge is -2.40. The smallest absolute Gasteiger partial charge is 0.226 e. The number of halogens is 4. The summed E-state index contributed by atoms with van der Waals surface area (Å²) >= 11 is 6.08. The Bertz CT molecular complexity index is 2400. The van der Waals surface area contributed by atoms with Gasteiger partial charge in [-0.1, -0.05) is 27.7 Å². The number of benzene rings is 2. The summed E-state index contributed by atoms with van der Waals surface area (Å²) < 4.78 is 43.2. The molecule has 2 aliphatic heterocycles. The van der Waals surface area contributed by atoms with E-state index < -0.39 is 5.82 Å². The Morgan fingerprint density at radius 2 is 1.23 bits per heavy atom. The highest BCUT2D eigenvalue weighted by atomic mass is 35.5. The van der Waals surface area contributed by atoms with E-state index in [1.165, 1.54) is 36.7 Å². The summed E-state index contributed by atoms with van der Waals surface area (Å²) in [5, 5.41) is 6.54. The average Bonchev–Trinajstić information content (AvgIpc) is 3.61. The first-order valence-corrected chi connectivity index (χ1v) is 19.1. The van der Waals surface area contributed by atoms with Crippen LogP contribution in [0, 0.1) is 24.4 Å². The molecular formula is C42H45ClF3N11. The van der Waals surface area contributed by atoms with Gasteiger partial charge in [0.1, 0.15) is 47.1 Å². The summed E-state index contributed by atoms with van der Waals surface area (Å²) in [6.07, 6.45) is 7.04. The molecule has 0 aliphatic carbocycles. The van der Waals surface area contributed by atoms with Crippen LogP contribution in [0.3, 0.4) is 0 Å². The number of rotatable bonds is 7. The third kappa shape index (κ3) is 8.09. The van der Waals surface area contributed by atoms with Gasteiger partial charge in [0.2, 0.25) is 5.28 Å². The highest BCUT2D eigenvalue weighted by molar-refractivity contribution is 6.28. The number of aryl methyl sites for hydroxylation is 1. The fraction of sp³-hybridized carbons (Fsp3) is 0.333. The molecule has 0 spiro atoms. The molecule has 0 saturated carbocycles. The first kappa shape index (κ1) is 39.5. The van der Waals surface area contributed by atoms with Crippen LogP contribution in [0.15, 0.2) is 73.3 Å². The summed E-state index contributed by atoms with van der Waals surface area (Å²) in [7, 11) is 3.66. The van der Waals surface area contributed by atoms with Gasteiger partial charge in [0.05, 0.1) is 5.69 Å². The van der Waals surface area contributed by atoms with Gasteiger partial charge in [0, 0.05) is 68.5 Å². The van der Waals surface area contributed by atoms with E-state index in [1.807, 2.05) is 21.0 Å². The topological polar surface area (TPSA) is 113 Å². The molecule has 0 fully saturated rings. The lowest BCUT2D eigenvalue weighted by atomic mass is 9.78. The minimum absolute atomic E-state index is 0.0607. The highest BCUT2D eigenvalue weighted by Crippen LogP contribution is 2.46. The van der Waals surface area contributed by atoms with Crippen molar-refractivity contribution in [1.29, 1.82) is 0 Å². The maximum atomic E-state index is 14.9. The van der Waals surface area contributed by atoms with E-state index in [9.17, 15) is 13.2 Å². The second kappa shape index (κ2) is 15.6. The summed E-state index contributed by atoms with van der Waals surface area (Å²) in [4.78, 5) is 31.0. The van der Waals surface area contributed by atoms with Gasteiger partial charge >= 0.3 is 0 Å². The predicted octanol–water partition coefficient (Wildman–Crippen LogP) is 9.23. The van der Waals surface area contributed by atoms with Crippen molar-refractivity contribution in [2.75, 3.05) is 47.6 Å². The van der Waals surface area contributed by atoms with Crippen LogP contribution in [-0.2, 0) is 17.3 Å². The van der Waals surface area contributed by atoms with Crippen molar-refractivity contribution < 1.29 is 13.2 Å². The molecule has 0 atom stereocenters. The Kier molecular flexibility index (Phi) is 10.8. The number of nitrogens with zero attached hydrogens (tertiary/aromatic N) is 9. The maximum Gasteiger partial charge on any atom is 0.226 e. The van der Waals surface area contributed by atoms with Gasteiger partial charge in [-0.05, 0) is 102 Å². The van der Waals surface area contributed by atoms with E-state index in [2.05, 4.69) is 68.1 Å². The zero-order chi connectivity index (χ0) is 40.6. The van der Waals surface area contributed by atoms with Gasteiger partial charge in [-0.15, -0.1) is 0 Å². The van der Waals surface area contributed by atoms with E-state index in [0.717, 1.165) is 77.4 Å². The molecule has 6 heterocycles. The second-order valence-electron chi connectivity index (χ2n) is 15.5. The fourth-order valence-electron chi connectivity index (χ4n) is 7.46. The maximum absolute atomic E-state index is 14.9. The van der Waals surface area contributed by atoms with Crippen LogP contribution in [0.1, 0.15) is 68.7 Å². The van der Waals surface area contributed by atoms with Crippen molar-refractivity contribution in [2.45, 2.75) is 64.7 Å². The van der Waals surface area contributed by atoms with Gasteiger partial charge < -0.3 is 20.4 Å². The number of anilines is 6. The normalized spacial score (nSPS) is 15.3. The Morgan fingerprint density at radius 1 is 0.702 bits per heavy atom. The molecule has 57 heavy (non-hydrogen) atoms. The molecule has 0 saturated heterocycles. The molecule has 0 radical (unpaired) electrons. The van der Waals surface area contributed by atoms with Gasteiger partial charge in [-0.25, -0.2) is 38.1 Å². The SMILES string of the molecule is CNc1nc(Cc2cnc(-n3cnc(C)c3)c(F)c2)nc2c1C(C)(C)CCN2c1ccc(F)cc1.CNc1nc(Cl)nc2c1C(C)(C)CCN2c1ccc(F)cc1. The van der Waals surface area contributed by atoms with E-state index in [0.29, 0.717) is 17.8 Å². The third-order valence-electron chi connectivity index (χ3n) is 10.5. The molecule has 296 valence electrons. The molecule has 6 aromatic rings. The minimum atomic E-state index is -0.444. The van der Waals surface area contributed by atoms with E-state index in [-0.39, 0.29) is 33.6 Å². The Balaban J connectivity index is 0.000000194. The molecular weight excluding hydrogens is 751 g/mol. The first-order chi connectivity index (χ1) is 27.2. The Labute approximate surface area is 335 Å². The number of aromatic nitrogens is 7. The van der Waals surface area contributed by atoms with Crippen LogP contribution < -0.4 is 20.4 Å². The van der Waals surface area contributed by atoms with E-state index in [4.69, 9.17) is 21.6 Å². The Morgan fingerprint density at radius 3 is 1.72 bits per heavy atom. The van der Waals surface area contributed by atoms with Crippen LogP contribution in [0.5, 0.6) is 0 Å². The minimum Gasteiger partial charge on any atom is -0.373 e. The molecule has 2 aromatic carbocycles. The lowest BCUT2D eigenvalue weighted by Crippen LogP contribution is -2.36.